The number of phenols is 1. The normalized spacial score (nSPS) is 28.6. The number of hydrogen-bond donors (Lipinski definition) is 5. The first kappa shape index (κ1) is 23.6. The zero-order valence-corrected chi connectivity index (χ0v) is 19.5. The number of primary amides is 1. The Morgan fingerprint density at radius 3 is 2.60 bits per heavy atom. The molecular weight excluding hydrogens is 476 g/mol. The third kappa shape index (κ3) is 3.41. The molecule has 4 aliphatic rings. The van der Waals surface area contributed by atoms with E-state index in [-0.39, 0.29) is 36.1 Å². The summed E-state index contributed by atoms with van der Waals surface area (Å²) in [7, 11) is 0. The van der Waals surface area contributed by atoms with Gasteiger partial charge in [-0.15, -0.1) is 0 Å². The van der Waals surface area contributed by atoms with E-state index in [4.69, 9.17) is 17.3 Å². The number of allylic oxidation sites excluding steroid dienone is 2. The Morgan fingerprint density at radius 2 is 1.94 bits per heavy atom. The number of phenolic OH excluding ortho intramolecular Hbond substituents is 1. The van der Waals surface area contributed by atoms with Gasteiger partial charge in [0.2, 0.25) is 5.78 Å². The minimum Gasteiger partial charge on any atom is -0.511 e. The average Bonchev–Trinajstić information content (AvgIpc) is 2.80. The van der Waals surface area contributed by atoms with Crippen LogP contribution >= 0.6 is 11.6 Å². The number of nitrogens with zero attached hydrogens (tertiary/aromatic N) is 1. The molecule has 3 atom stereocenters. The van der Waals surface area contributed by atoms with E-state index >= 15 is 0 Å². The van der Waals surface area contributed by atoms with Gasteiger partial charge >= 0.3 is 0 Å². The molecule has 184 valence electrons. The summed E-state index contributed by atoms with van der Waals surface area (Å²) >= 11 is 6.56. The summed E-state index contributed by atoms with van der Waals surface area (Å²) < 4.78 is 0. The number of halogens is 1. The summed E-state index contributed by atoms with van der Waals surface area (Å²) in [5, 5.41) is 44.0. The van der Waals surface area contributed by atoms with Crippen molar-refractivity contribution in [3.05, 3.63) is 62.6 Å². The number of amides is 1. The molecule has 1 amide bonds. The van der Waals surface area contributed by atoms with Crippen LogP contribution < -0.4 is 5.73 Å². The first-order valence-corrected chi connectivity index (χ1v) is 11.8. The third-order valence-electron chi connectivity index (χ3n) is 7.62. The number of ketones is 2. The number of fused-ring (bicyclic) bond motifs is 3. The summed E-state index contributed by atoms with van der Waals surface area (Å²) in [6.07, 6.45) is 4.95. The Morgan fingerprint density at radius 1 is 1.20 bits per heavy atom. The molecule has 6 N–H and O–H groups in total. The van der Waals surface area contributed by atoms with Gasteiger partial charge in [0.15, 0.2) is 11.4 Å². The van der Waals surface area contributed by atoms with Crippen molar-refractivity contribution in [3.8, 4) is 5.75 Å². The van der Waals surface area contributed by atoms with Crippen LogP contribution in [0.5, 0.6) is 5.75 Å². The number of carbonyl (C=O) groups excluding carboxylic acids is 3. The van der Waals surface area contributed by atoms with Crippen molar-refractivity contribution in [2.24, 2.45) is 17.6 Å². The van der Waals surface area contributed by atoms with E-state index < -0.39 is 52.0 Å². The molecule has 0 saturated heterocycles. The number of Topliss-reactive ketones (excluding diaryl/α,β-unsaturated/α-hetero) is 2. The van der Waals surface area contributed by atoms with Gasteiger partial charge in [0, 0.05) is 48.1 Å². The van der Waals surface area contributed by atoms with Crippen LogP contribution in [0.2, 0.25) is 5.02 Å². The van der Waals surface area contributed by atoms with Gasteiger partial charge < -0.3 is 26.2 Å². The van der Waals surface area contributed by atoms with Gasteiger partial charge in [-0.05, 0) is 36.8 Å². The Labute approximate surface area is 205 Å². The molecule has 0 spiro atoms. The highest BCUT2D eigenvalue weighted by atomic mass is 35.5. The van der Waals surface area contributed by atoms with Crippen LogP contribution in [-0.4, -0.2) is 61.5 Å². The van der Waals surface area contributed by atoms with Crippen LogP contribution in [0.15, 0.2) is 40.9 Å². The molecular formula is C25H25ClN2O7. The van der Waals surface area contributed by atoms with Crippen molar-refractivity contribution in [1.82, 2.24) is 4.90 Å². The van der Waals surface area contributed by atoms with Crippen molar-refractivity contribution in [2.75, 3.05) is 13.1 Å². The zero-order valence-electron chi connectivity index (χ0n) is 18.8. The first-order valence-electron chi connectivity index (χ1n) is 11.4. The number of benzene rings is 1. The predicted octanol–water partition coefficient (Wildman–Crippen LogP) is 2.00. The van der Waals surface area contributed by atoms with E-state index in [9.17, 15) is 34.8 Å². The van der Waals surface area contributed by atoms with E-state index in [0.717, 1.165) is 13.0 Å². The molecule has 0 fully saturated rings. The van der Waals surface area contributed by atoms with E-state index in [1.807, 2.05) is 6.08 Å². The highest BCUT2D eigenvalue weighted by molar-refractivity contribution is 6.33. The van der Waals surface area contributed by atoms with Gasteiger partial charge in [0.25, 0.3) is 5.91 Å². The van der Waals surface area contributed by atoms with Crippen molar-refractivity contribution >= 4 is 29.1 Å². The highest BCUT2D eigenvalue weighted by Crippen LogP contribution is 2.52. The van der Waals surface area contributed by atoms with Crippen LogP contribution in [0.25, 0.3) is 0 Å². The quantitative estimate of drug-likeness (QED) is 0.311. The minimum absolute atomic E-state index is 0.0586. The SMILES string of the molecule is NC(=O)C1=C(O)C[C@@H]2C[C@@H]3Cc4c(Cl)cc(CN5CC=CCC5)c(O)c4C(=O)C3=C(O)[C@]2(O)C1=O. The molecule has 5 rings (SSSR count). The molecule has 3 aliphatic carbocycles. The number of carbonyl (C=O) groups is 3. The maximum absolute atomic E-state index is 13.6. The largest absolute Gasteiger partial charge is 0.511 e. The second-order valence-corrected chi connectivity index (χ2v) is 10.0. The monoisotopic (exact) mass is 500 g/mol. The third-order valence-corrected chi connectivity index (χ3v) is 7.96. The van der Waals surface area contributed by atoms with Crippen molar-refractivity contribution in [2.45, 2.75) is 37.8 Å². The summed E-state index contributed by atoms with van der Waals surface area (Å²) in [6, 6.07) is 1.65. The summed E-state index contributed by atoms with van der Waals surface area (Å²) in [4.78, 5) is 40.5. The van der Waals surface area contributed by atoms with Gasteiger partial charge in [-0.3, -0.25) is 19.3 Å². The standard InChI is InChI=1S/C25H25ClN2O7/c26-15-8-12(10-28-4-2-1-3-5-28)20(30)18-14(15)7-11-6-13-9-16(29)19(24(27)34)23(33)25(13,35)22(32)17(11)21(18)31/h1-2,8,11,13,29-30,32,35H,3-7,9-10H2,(H2,27,34)/t11-,13+,25+/m1/s1. The fraction of sp³-hybridized carbons (Fsp3) is 0.400. The Bertz CT molecular complexity index is 1280. The number of nitrogens with two attached hydrogens (primary N) is 1. The van der Waals surface area contributed by atoms with Gasteiger partial charge in [-0.25, -0.2) is 0 Å². The molecule has 35 heavy (non-hydrogen) atoms. The van der Waals surface area contributed by atoms with Crippen molar-refractivity contribution < 1.29 is 34.8 Å². The summed E-state index contributed by atoms with van der Waals surface area (Å²) in [6.45, 7) is 1.84. The summed E-state index contributed by atoms with van der Waals surface area (Å²) in [5.74, 6) is -6.45. The van der Waals surface area contributed by atoms with E-state index in [1.54, 1.807) is 6.07 Å². The lowest BCUT2D eigenvalue weighted by atomic mass is 9.60. The molecule has 10 heteroatoms. The molecule has 0 radical (unpaired) electrons. The van der Waals surface area contributed by atoms with Gasteiger partial charge in [-0.2, -0.15) is 0 Å². The lowest BCUT2D eigenvalue weighted by Gasteiger charge is -2.45. The van der Waals surface area contributed by atoms with Gasteiger partial charge in [0.05, 0.1) is 5.56 Å². The van der Waals surface area contributed by atoms with Crippen LogP contribution in [0, 0.1) is 11.8 Å². The molecule has 1 aromatic rings. The molecule has 1 aromatic carbocycles. The molecule has 1 aliphatic heterocycles. The molecule has 0 aromatic heterocycles. The molecule has 0 saturated carbocycles. The minimum atomic E-state index is -2.58. The molecule has 0 unspecified atom stereocenters. The maximum atomic E-state index is 13.6. The maximum Gasteiger partial charge on any atom is 0.255 e. The first-order chi connectivity index (χ1) is 16.6. The van der Waals surface area contributed by atoms with Crippen LogP contribution in [0.4, 0.5) is 0 Å². The van der Waals surface area contributed by atoms with Crippen molar-refractivity contribution in [1.29, 1.82) is 0 Å². The van der Waals surface area contributed by atoms with E-state index in [0.29, 0.717) is 29.2 Å². The second kappa shape index (κ2) is 8.22. The Hall–Kier alpha value is -3.14. The summed E-state index contributed by atoms with van der Waals surface area (Å²) in [5.41, 5.74) is 2.49. The Balaban J connectivity index is 1.60. The topological polar surface area (TPSA) is 161 Å². The Kier molecular flexibility index (Phi) is 5.54. The zero-order chi connectivity index (χ0) is 25.2. The van der Waals surface area contributed by atoms with E-state index in [1.165, 1.54) is 0 Å². The average molecular weight is 501 g/mol. The molecule has 0 bridgehead atoms. The van der Waals surface area contributed by atoms with Crippen LogP contribution in [0.1, 0.15) is 40.7 Å². The lowest BCUT2D eigenvalue weighted by Crippen LogP contribution is -2.57. The smallest absolute Gasteiger partial charge is 0.255 e. The van der Waals surface area contributed by atoms with E-state index in [2.05, 4.69) is 11.0 Å². The fourth-order valence-electron chi connectivity index (χ4n) is 5.89. The molecule has 9 nitrogen and oxygen atoms in total. The molecule has 1 heterocycles. The number of rotatable bonds is 3. The number of aliphatic hydroxyl groups excluding tert-OH is 2. The van der Waals surface area contributed by atoms with Crippen LogP contribution in [0.3, 0.4) is 0 Å². The number of aliphatic hydroxyl groups is 3. The fourth-order valence-corrected chi connectivity index (χ4v) is 6.19. The van der Waals surface area contributed by atoms with Gasteiger partial charge in [-0.1, -0.05) is 23.8 Å². The van der Waals surface area contributed by atoms with Crippen LogP contribution in [-0.2, 0) is 22.6 Å². The highest BCUT2D eigenvalue weighted by Gasteiger charge is 2.59. The predicted molar refractivity (Wildman–Crippen MR) is 125 cm³/mol. The van der Waals surface area contributed by atoms with Gasteiger partial charge in [0.1, 0.15) is 22.8 Å². The number of hydrogen-bond acceptors (Lipinski definition) is 8. The number of aromatic hydroxyl groups is 1. The lowest BCUT2D eigenvalue weighted by molar-refractivity contribution is -0.144. The van der Waals surface area contributed by atoms with Crippen molar-refractivity contribution in [3.63, 3.8) is 0 Å². The second-order valence-electron chi connectivity index (χ2n) is 9.63.